The van der Waals surface area contributed by atoms with Gasteiger partial charge in [-0.2, -0.15) is 13.2 Å². The van der Waals surface area contributed by atoms with Crippen molar-refractivity contribution in [2.75, 3.05) is 16.8 Å². The standard InChI is InChI=1S/C28H19F5N8O/c1-14(26-40-22-5-3-2-4-19(22)27(42)41(26)18-9-16(29)8-17(30)10-18)39-25-20(24(35)37-13-38-25)7-6-15-12-36-23(34)11-21(15)28(31,32)33/h2-5,8-14H,1H3,(H2,34,36)(H3,35,37,38,39). The Morgan fingerprint density at radius 1 is 0.976 bits per heavy atom. The number of nitrogens with two attached hydrogens (primary N) is 2. The number of hydrogen-bond donors (Lipinski definition) is 3. The van der Waals surface area contributed by atoms with Gasteiger partial charge in [-0.15, -0.1) is 0 Å². The summed E-state index contributed by atoms with van der Waals surface area (Å²) in [4.78, 5) is 29.8. The van der Waals surface area contributed by atoms with Gasteiger partial charge in [0, 0.05) is 12.3 Å². The van der Waals surface area contributed by atoms with Crippen LogP contribution in [0.1, 0.15) is 35.5 Å². The van der Waals surface area contributed by atoms with E-state index in [1.807, 2.05) is 0 Å². The summed E-state index contributed by atoms with van der Waals surface area (Å²) in [6.45, 7) is 1.59. The molecule has 0 radical (unpaired) electrons. The highest BCUT2D eigenvalue weighted by Crippen LogP contribution is 2.32. The molecule has 3 heterocycles. The minimum Gasteiger partial charge on any atom is -0.384 e. The summed E-state index contributed by atoms with van der Waals surface area (Å²) in [6, 6.07) is 8.83. The summed E-state index contributed by atoms with van der Waals surface area (Å²) >= 11 is 0. The lowest BCUT2D eigenvalue weighted by molar-refractivity contribution is -0.137. The van der Waals surface area contributed by atoms with Crippen LogP contribution in [0.5, 0.6) is 0 Å². The van der Waals surface area contributed by atoms with Gasteiger partial charge in [-0.3, -0.25) is 9.36 Å². The van der Waals surface area contributed by atoms with Crippen molar-refractivity contribution in [1.82, 2.24) is 24.5 Å². The van der Waals surface area contributed by atoms with E-state index < -0.39 is 40.5 Å². The Balaban J connectivity index is 1.62. The number of nitrogen functional groups attached to an aromatic ring is 2. The molecular formula is C28H19F5N8O. The van der Waals surface area contributed by atoms with E-state index in [9.17, 15) is 26.7 Å². The molecule has 3 aromatic heterocycles. The van der Waals surface area contributed by atoms with E-state index >= 15 is 0 Å². The zero-order chi connectivity index (χ0) is 30.2. The quantitative estimate of drug-likeness (QED) is 0.208. The van der Waals surface area contributed by atoms with Crippen molar-refractivity contribution in [3.8, 4) is 17.5 Å². The van der Waals surface area contributed by atoms with Gasteiger partial charge in [0.25, 0.3) is 5.56 Å². The summed E-state index contributed by atoms with van der Waals surface area (Å²) in [6.07, 6.45) is -2.77. The number of halogens is 5. The third-order valence-electron chi connectivity index (χ3n) is 6.08. The molecule has 0 bridgehead atoms. The molecule has 9 nitrogen and oxygen atoms in total. The Morgan fingerprint density at radius 2 is 1.69 bits per heavy atom. The monoisotopic (exact) mass is 578 g/mol. The number of anilines is 3. The van der Waals surface area contributed by atoms with E-state index in [1.54, 1.807) is 25.1 Å². The molecule has 0 aliphatic carbocycles. The number of benzene rings is 2. The average molecular weight is 579 g/mol. The number of nitrogens with one attached hydrogen (secondary N) is 1. The predicted octanol–water partition coefficient (Wildman–Crippen LogP) is 4.61. The van der Waals surface area contributed by atoms with Gasteiger partial charge < -0.3 is 16.8 Å². The van der Waals surface area contributed by atoms with Crippen LogP contribution < -0.4 is 22.3 Å². The lowest BCUT2D eigenvalue weighted by Crippen LogP contribution is -2.27. The van der Waals surface area contributed by atoms with Crippen LogP contribution in [0, 0.1) is 23.5 Å². The lowest BCUT2D eigenvalue weighted by Gasteiger charge is -2.21. The topological polar surface area (TPSA) is 138 Å². The smallest absolute Gasteiger partial charge is 0.384 e. The summed E-state index contributed by atoms with van der Waals surface area (Å²) in [7, 11) is 0. The van der Waals surface area contributed by atoms with Gasteiger partial charge in [0.15, 0.2) is 0 Å². The van der Waals surface area contributed by atoms with E-state index in [-0.39, 0.29) is 39.9 Å². The van der Waals surface area contributed by atoms with Crippen LogP contribution in [-0.2, 0) is 6.18 Å². The molecule has 5 N–H and O–H groups in total. The normalized spacial score (nSPS) is 12.0. The predicted molar refractivity (Wildman–Crippen MR) is 145 cm³/mol. The number of hydrogen-bond acceptors (Lipinski definition) is 8. The van der Waals surface area contributed by atoms with Gasteiger partial charge in [-0.25, -0.2) is 28.7 Å². The molecule has 0 amide bonds. The Kier molecular flexibility index (Phi) is 7.17. The average Bonchev–Trinajstić information content (AvgIpc) is 2.92. The van der Waals surface area contributed by atoms with Crippen LogP contribution in [0.2, 0.25) is 0 Å². The molecule has 0 spiro atoms. The van der Waals surface area contributed by atoms with Gasteiger partial charge in [-0.05, 0) is 37.3 Å². The number of fused-ring (bicyclic) bond motifs is 1. The maximum atomic E-state index is 14.2. The molecule has 1 atom stereocenters. The van der Waals surface area contributed by atoms with Gasteiger partial charge in [0.2, 0.25) is 0 Å². The molecule has 212 valence electrons. The highest BCUT2D eigenvalue weighted by atomic mass is 19.4. The Labute approximate surface area is 234 Å². The first-order valence-electron chi connectivity index (χ1n) is 12.1. The van der Waals surface area contributed by atoms with Crippen molar-refractivity contribution in [1.29, 1.82) is 0 Å². The van der Waals surface area contributed by atoms with E-state index in [4.69, 9.17) is 11.5 Å². The van der Waals surface area contributed by atoms with E-state index in [0.29, 0.717) is 17.6 Å². The molecule has 14 heteroatoms. The Bertz CT molecular complexity index is 1940. The third-order valence-corrected chi connectivity index (χ3v) is 6.08. The summed E-state index contributed by atoms with van der Waals surface area (Å²) < 4.78 is 70.0. The fourth-order valence-electron chi connectivity index (χ4n) is 4.20. The van der Waals surface area contributed by atoms with Crippen molar-refractivity contribution < 1.29 is 22.0 Å². The van der Waals surface area contributed by atoms with Gasteiger partial charge >= 0.3 is 6.18 Å². The molecule has 5 rings (SSSR count). The summed E-state index contributed by atoms with van der Waals surface area (Å²) in [5.74, 6) is 2.69. The van der Waals surface area contributed by atoms with Gasteiger partial charge in [-0.1, -0.05) is 24.0 Å². The minimum absolute atomic E-state index is 0.00107. The van der Waals surface area contributed by atoms with Crippen LogP contribution >= 0.6 is 0 Å². The molecule has 2 aromatic carbocycles. The van der Waals surface area contributed by atoms with E-state index in [0.717, 1.165) is 29.2 Å². The molecule has 5 aromatic rings. The van der Waals surface area contributed by atoms with Crippen molar-refractivity contribution in [2.24, 2.45) is 0 Å². The maximum Gasteiger partial charge on any atom is 0.417 e. The lowest BCUT2D eigenvalue weighted by atomic mass is 10.1. The third kappa shape index (κ3) is 5.52. The number of rotatable bonds is 4. The molecule has 0 aliphatic heterocycles. The van der Waals surface area contributed by atoms with Gasteiger partial charge in [0.05, 0.1) is 33.8 Å². The highest BCUT2D eigenvalue weighted by Gasteiger charge is 2.33. The summed E-state index contributed by atoms with van der Waals surface area (Å²) in [5, 5.41) is 3.19. The van der Waals surface area contributed by atoms with Crippen molar-refractivity contribution in [3.05, 3.63) is 106 Å². The minimum atomic E-state index is -4.75. The van der Waals surface area contributed by atoms with Crippen LogP contribution in [0.4, 0.5) is 39.4 Å². The summed E-state index contributed by atoms with van der Waals surface area (Å²) in [5.41, 5.74) is 9.43. The van der Waals surface area contributed by atoms with Crippen LogP contribution in [-0.4, -0.2) is 24.5 Å². The fraction of sp³-hybridized carbons (Fsp3) is 0.107. The SMILES string of the molecule is CC(Nc1ncnc(N)c1C#Cc1cnc(N)cc1C(F)(F)F)c1nc2ccccc2c(=O)n1-c1cc(F)cc(F)c1. The molecule has 0 fully saturated rings. The first kappa shape index (κ1) is 28.0. The largest absolute Gasteiger partial charge is 0.417 e. The molecule has 0 saturated carbocycles. The van der Waals surface area contributed by atoms with Crippen LogP contribution in [0.15, 0.2) is 65.8 Å². The zero-order valence-corrected chi connectivity index (χ0v) is 21.5. The zero-order valence-electron chi connectivity index (χ0n) is 21.5. The first-order chi connectivity index (χ1) is 19.9. The van der Waals surface area contributed by atoms with Crippen LogP contribution in [0.25, 0.3) is 16.6 Å². The Hall–Kier alpha value is -5.58. The van der Waals surface area contributed by atoms with Crippen molar-refractivity contribution >= 4 is 28.4 Å². The van der Waals surface area contributed by atoms with Crippen LogP contribution in [0.3, 0.4) is 0 Å². The van der Waals surface area contributed by atoms with Crippen molar-refractivity contribution in [2.45, 2.75) is 19.1 Å². The molecule has 0 aliphatic rings. The second-order valence-corrected chi connectivity index (χ2v) is 9.01. The first-order valence-corrected chi connectivity index (χ1v) is 12.1. The second kappa shape index (κ2) is 10.8. The number of pyridine rings is 1. The van der Waals surface area contributed by atoms with Gasteiger partial charge in [0.1, 0.15) is 46.8 Å². The number of para-hydroxylation sites is 1. The second-order valence-electron chi connectivity index (χ2n) is 9.01. The fourth-order valence-corrected chi connectivity index (χ4v) is 4.20. The number of aromatic nitrogens is 5. The molecule has 0 saturated heterocycles. The molecular weight excluding hydrogens is 559 g/mol. The highest BCUT2D eigenvalue weighted by molar-refractivity contribution is 5.78. The maximum absolute atomic E-state index is 14.2. The molecule has 1 unspecified atom stereocenters. The number of nitrogens with zero attached hydrogens (tertiary/aromatic N) is 5. The van der Waals surface area contributed by atoms with Crippen molar-refractivity contribution in [3.63, 3.8) is 0 Å². The molecule has 42 heavy (non-hydrogen) atoms. The Morgan fingerprint density at radius 3 is 2.40 bits per heavy atom. The number of alkyl halides is 3. The van der Waals surface area contributed by atoms with E-state index in [1.165, 1.54) is 6.07 Å². The van der Waals surface area contributed by atoms with E-state index in [2.05, 4.69) is 37.1 Å².